The Morgan fingerprint density at radius 2 is 2.20 bits per heavy atom. The molecule has 80 valence electrons. The molecule has 1 amide bonds. The predicted octanol–water partition coefficient (Wildman–Crippen LogP) is 1.43. The number of carbonyl (C=O) groups excluding carboxylic acids is 1. The maximum absolute atomic E-state index is 11.9. The lowest BCUT2D eigenvalue weighted by molar-refractivity contribution is 0.0608. The summed E-state index contributed by atoms with van der Waals surface area (Å²) in [4.78, 5) is 13.6. The lowest BCUT2D eigenvalue weighted by Gasteiger charge is -2.36. The molecule has 2 rings (SSSR count). The summed E-state index contributed by atoms with van der Waals surface area (Å²) < 4.78 is 0. The van der Waals surface area contributed by atoms with Crippen molar-refractivity contribution in [3.8, 4) is 0 Å². The molecule has 1 saturated heterocycles. The highest BCUT2D eigenvalue weighted by atomic mass is 35.5. The van der Waals surface area contributed by atoms with Gasteiger partial charge in [0.25, 0.3) is 5.91 Å². The molecule has 0 saturated carbocycles. The number of nitrogens with zero attached hydrogens (tertiary/aromatic N) is 1. The fourth-order valence-corrected chi connectivity index (χ4v) is 1.76. The molecule has 0 aromatic heterocycles. The van der Waals surface area contributed by atoms with Gasteiger partial charge in [0, 0.05) is 29.7 Å². The summed E-state index contributed by atoms with van der Waals surface area (Å²) in [6.07, 6.45) is 0. The molecule has 0 bridgehead atoms. The molecule has 0 radical (unpaired) electrons. The van der Waals surface area contributed by atoms with Gasteiger partial charge in [-0.05, 0) is 30.7 Å². The Bertz CT molecular complexity index is 400. The molecule has 0 spiro atoms. The van der Waals surface area contributed by atoms with Crippen LogP contribution in [0.4, 0.5) is 0 Å². The summed E-state index contributed by atoms with van der Waals surface area (Å²) in [6.45, 7) is 3.20. The van der Waals surface area contributed by atoms with Crippen LogP contribution in [-0.2, 0) is 0 Å². The second-order valence-electron chi connectivity index (χ2n) is 3.93. The summed E-state index contributed by atoms with van der Waals surface area (Å²) in [6, 6.07) is 5.46. The molecule has 4 heteroatoms. The highest BCUT2D eigenvalue weighted by Gasteiger charge is 2.28. The van der Waals surface area contributed by atoms with Crippen LogP contribution in [0.15, 0.2) is 18.2 Å². The van der Waals surface area contributed by atoms with E-state index in [1.165, 1.54) is 0 Å². The number of aryl methyl sites for hydroxylation is 1. The Hall–Kier alpha value is -1.06. The molecule has 3 nitrogen and oxygen atoms in total. The molecule has 0 aliphatic carbocycles. The van der Waals surface area contributed by atoms with Crippen molar-refractivity contribution in [1.82, 2.24) is 4.90 Å². The van der Waals surface area contributed by atoms with Crippen molar-refractivity contribution in [2.24, 2.45) is 5.73 Å². The quantitative estimate of drug-likeness (QED) is 0.785. The van der Waals surface area contributed by atoms with Crippen molar-refractivity contribution in [2.45, 2.75) is 13.0 Å². The average Bonchev–Trinajstić information content (AvgIpc) is 2.16. The van der Waals surface area contributed by atoms with Crippen LogP contribution in [-0.4, -0.2) is 29.9 Å². The van der Waals surface area contributed by atoms with Crippen LogP contribution in [0.25, 0.3) is 0 Å². The van der Waals surface area contributed by atoms with Gasteiger partial charge in [0.1, 0.15) is 0 Å². The Kier molecular flexibility index (Phi) is 2.67. The van der Waals surface area contributed by atoms with E-state index in [2.05, 4.69) is 0 Å². The zero-order valence-corrected chi connectivity index (χ0v) is 9.29. The smallest absolute Gasteiger partial charge is 0.253 e. The number of carbonyl (C=O) groups is 1. The lowest BCUT2D eigenvalue weighted by atomic mass is 10.1. The molecule has 1 aromatic rings. The first-order valence-electron chi connectivity index (χ1n) is 4.89. The second kappa shape index (κ2) is 3.83. The van der Waals surface area contributed by atoms with E-state index in [0.29, 0.717) is 23.7 Å². The van der Waals surface area contributed by atoms with E-state index in [1.54, 1.807) is 17.0 Å². The Labute approximate surface area is 93.8 Å². The van der Waals surface area contributed by atoms with Crippen LogP contribution in [0, 0.1) is 6.92 Å². The normalized spacial score (nSPS) is 16.3. The summed E-state index contributed by atoms with van der Waals surface area (Å²) in [5.74, 6) is 0.0384. The SMILES string of the molecule is Cc1cc(C(=O)N2CC(N)C2)ccc1Cl. The minimum Gasteiger partial charge on any atom is -0.335 e. The number of nitrogens with two attached hydrogens (primary N) is 1. The highest BCUT2D eigenvalue weighted by Crippen LogP contribution is 2.19. The van der Waals surface area contributed by atoms with Crippen LogP contribution in [0.1, 0.15) is 15.9 Å². The standard InChI is InChI=1S/C11H13ClN2O/c1-7-4-8(2-3-10(7)12)11(15)14-5-9(13)6-14/h2-4,9H,5-6,13H2,1H3. The van der Waals surface area contributed by atoms with E-state index in [9.17, 15) is 4.79 Å². The van der Waals surface area contributed by atoms with E-state index in [1.807, 2.05) is 13.0 Å². The van der Waals surface area contributed by atoms with E-state index in [-0.39, 0.29) is 11.9 Å². The van der Waals surface area contributed by atoms with Crippen LogP contribution in [0.2, 0.25) is 5.02 Å². The van der Waals surface area contributed by atoms with Crippen molar-refractivity contribution in [3.05, 3.63) is 34.3 Å². The second-order valence-corrected chi connectivity index (χ2v) is 4.34. The van der Waals surface area contributed by atoms with E-state index in [0.717, 1.165) is 5.56 Å². The first kappa shape index (κ1) is 10.5. The Morgan fingerprint density at radius 3 is 2.73 bits per heavy atom. The molecule has 2 N–H and O–H groups in total. The molecule has 0 atom stereocenters. The van der Waals surface area contributed by atoms with E-state index >= 15 is 0 Å². The largest absolute Gasteiger partial charge is 0.335 e. The third-order valence-electron chi connectivity index (χ3n) is 2.60. The van der Waals surface area contributed by atoms with Gasteiger partial charge in [-0.3, -0.25) is 4.79 Å². The minimum absolute atomic E-state index is 0.0384. The third-order valence-corrected chi connectivity index (χ3v) is 3.03. The molecule has 15 heavy (non-hydrogen) atoms. The van der Waals surface area contributed by atoms with Gasteiger partial charge in [-0.15, -0.1) is 0 Å². The monoisotopic (exact) mass is 224 g/mol. The third kappa shape index (κ3) is 1.98. The van der Waals surface area contributed by atoms with Gasteiger partial charge in [0.2, 0.25) is 0 Å². The van der Waals surface area contributed by atoms with Crippen LogP contribution < -0.4 is 5.73 Å². The first-order valence-corrected chi connectivity index (χ1v) is 5.26. The van der Waals surface area contributed by atoms with Gasteiger partial charge < -0.3 is 10.6 Å². The number of rotatable bonds is 1. The number of amides is 1. The molecule has 1 fully saturated rings. The fraction of sp³-hybridized carbons (Fsp3) is 0.364. The first-order chi connectivity index (χ1) is 7.08. The van der Waals surface area contributed by atoms with Gasteiger partial charge in [-0.2, -0.15) is 0 Å². The van der Waals surface area contributed by atoms with Crippen molar-refractivity contribution in [2.75, 3.05) is 13.1 Å². The maximum Gasteiger partial charge on any atom is 0.253 e. The number of hydrogen-bond donors (Lipinski definition) is 1. The summed E-state index contributed by atoms with van der Waals surface area (Å²) in [5.41, 5.74) is 7.23. The zero-order valence-electron chi connectivity index (χ0n) is 8.53. The van der Waals surface area contributed by atoms with E-state index in [4.69, 9.17) is 17.3 Å². The van der Waals surface area contributed by atoms with Gasteiger partial charge in [0.15, 0.2) is 0 Å². The van der Waals surface area contributed by atoms with Crippen molar-refractivity contribution in [3.63, 3.8) is 0 Å². The summed E-state index contributed by atoms with van der Waals surface area (Å²) >= 11 is 5.89. The van der Waals surface area contributed by atoms with Gasteiger partial charge in [-0.1, -0.05) is 11.6 Å². The fourth-order valence-electron chi connectivity index (χ4n) is 1.64. The van der Waals surface area contributed by atoms with Crippen molar-refractivity contribution >= 4 is 17.5 Å². The average molecular weight is 225 g/mol. The number of halogens is 1. The lowest BCUT2D eigenvalue weighted by Crippen LogP contribution is -2.57. The number of likely N-dealkylation sites (tertiary alicyclic amines) is 1. The van der Waals surface area contributed by atoms with Crippen molar-refractivity contribution in [1.29, 1.82) is 0 Å². The van der Waals surface area contributed by atoms with Gasteiger partial charge in [-0.25, -0.2) is 0 Å². The maximum atomic E-state index is 11.9. The highest BCUT2D eigenvalue weighted by molar-refractivity contribution is 6.31. The Morgan fingerprint density at radius 1 is 1.53 bits per heavy atom. The van der Waals surface area contributed by atoms with Crippen LogP contribution in [0.5, 0.6) is 0 Å². The van der Waals surface area contributed by atoms with Crippen LogP contribution >= 0.6 is 11.6 Å². The molecule has 0 unspecified atom stereocenters. The molecule has 1 heterocycles. The van der Waals surface area contributed by atoms with Crippen LogP contribution in [0.3, 0.4) is 0 Å². The topological polar surface area (TPSA) is 46.3 Å². The predicted molar refractivity (Wildman–Crippen MR) is 60.1 cm³/mol. The molecule has 1 aliphatic rings. The van der Waals surface area contributed by atoms with E-state index < -0.39 is 0 Å². The number of benzene rings is 1. The molecular formula is C11H13ClN2O. The molecule has 1 aliphatic heterocycles. The van der Waals surface area contributed by atoms with Crippen molar-refractivity contribution < 1.29 is 4.79 Å². The van der Waals surface area contributed by atoms with Gasteiger partial charge in [0.05, 0.1) is 0 Å². The molecular weight excluding hydrogens is 212 g/mol. The Balaban J connectivity index is 2.16. The summed E-state index contributed by atoms with van der Waals surface area (Å²) in [5, 5.41) is 0.687. The van der Waals surface area contributed by atoms with Gasteiger partial charge >= 0.3 is 0 Å². The molecule has 1 aromatic carbocycles. The number of hydrogen-bond acceptors (Lipinski definition) is 2. The minimum atomic E-state index is 0.0384. The summed E-state index contributed by atoms with van der Waals surface area (Å²) in [7, 11) is 0. The zero-order chi connectivity index (χ0) is 11.0.